The summed E-state index contributed by atoms with van der Waals surface area (Å²) in [6, 6.07) is 0. The van der Waals surface area contributed by atoms with Gasteiger partial charge in [0.25, 0.3) is 0 Å². The topological polar surface area (TPSA) is 104 Å². The van der Waals surface area contributed by atoms with Crippen molar-refractivity contribution in [1.82, 2.24) is 15.6 Å². The SMILES string of the molecule is CS(=O)(=O)NCCC(=O)NNC(=O)C12CC3CC(CC(C3)C1)C2. The van der Waals surface area contributed by atoms with Gasteiger partial charge in [0.05, 0.1) is 11.7 Å². The van der Waals surface area contributed by atoms with E-state index in [4.69, 9.17) is 0 Å². The van der Waals surface area contributed by atoms with Crippen molar-refractivity contribution >= 4 is 21.8 Å². The van der Waals surface area contributed by atoms with Crippen LogP contribution in [0, 0.1) is 23.2 Å². The van der Waals surface area contributed by atoms with E-state index in [1.165, 1.54) is 19.3 Å². The van der Waals surface area contributed by atoms with Crippen molar-refractivity contribution in [2.75, 3.05) is 12.8 Å². The molecule has 0 atom stereocenters. The third-order valence-corrected chi connectivity index (χ3v) is 6.28. The Kier molecular flexibility index (Phi) is 4.39. The zero-order valence-electron chi connectivity index (χ0n) is 13.4. The van der Waals surface area contributed by atoms with Gasteiger partial charge in [-0.2, -0.15) is 0 Å². The number of hydrogen-bond donors (Lipinski definition) is 3. The summed E-state index contributed by atoms with van der Waals surface area (Å²) in [6.45, 7) is 0.0257. The second-order valence-electron chi connectivity index (χ2n) is 7.62. The van der Waals surface area contributed by atoms with Crippen molar-refractivity contribution < 1.29 is 18.0 Å². The molecule has 7 nitrogen and oxygen atoms in total. The molecule has 3 N–H and O–H groups in total. The normalized spacial score (nSPS) is 35.1. The molecule has 0 aromatic carbocycles. The van der Waals surface area contributed by atoms with Gasteiger partial charge in [-0.3, -0.25) is 20.4 Å². The van der Waals surface area contributed by atoms with E-state index in [2.05, 4.69) is 15.6 Å². The largest absolute Gasteiger partial charge is 0.273 e. The fraction of sp³-hybridized carbons (Fsp3) is 0.867. The molecule has 2 amide bonds. The summed E-state index contributed by atoms with van der Waals surface area (Å²) in [4.78, 5) is 24.3. The Hall–Kier alpha value is -1.15. The van der Waals surface area contributed by atoms with Crippen molar-refractivity contribution in [3.63, 3.8) is 0 Å². The van der Waals surface area contributed by atoms with Gasteiger partial charge in [0.2, 0.25) is 21.8 Å². The van der Waals surface area contributed by atoms with E-state index in [0.29, 0.717) is 17.8 Å². The highest BCUT2D eigenvalue weighted by atomic mass is 32.2. The number of amides is 2. The van der Waals surface area contributed by atoms with E-state index < -0.39 is 10.0 Å². The minimum absolute atomic E-state index is 0.00573. The zero-order valence-corrected chi connectivity index (χ0v) is 14.2. The number of hydrogen-bond acceptors (Lipinski definition) is 4. The van der Waals surface area contributed by atoms with Crippen LogP contribution >= 0.6 is 0 Å². The molecule has 4 saturated carbocycles. The molecule has 4 fully saturated rings. The minimum Gasteiger partial charge on any atom is -0.273 e. The molecule has 4 bridgehead atoms. The van der Waals surface area contributed by atoms with E-state index in [0.717, 1.165) is 25.5 Å². The first kappa shape index (κ1) is 16.7. The average molecular weight is 343 g/mol. The molecule has 0 spiro atoms. The van der Waals surface area contributed by atoms with Gasteiger partial charge in [0, 0.05) is 13.0 Å². The second kappa shape index (κ2) is 6.05. The van der Waals surface area contributed by atoms with Crippen LogP contribution in [-0.4, -0.2) is 33.0 Å². The summed E-state index contributed by atoms with van der Waals surface area (Å²) in [5.41, 5.74) is 4.69. The van der Waals surface area contributed by atoms with Gasteiger partial charge < -0.3 is 0 Å². The zero-order chi connectivity index (χ0) is 16.7. The standard InChI is InChI=1S/C15H25N3O4S/c1-23(21,22)16-3-2-13(19)17-18-14(20)15-7-10-4-11(8-15)6-12(5-10)9-15/h10-12,16H,2-9H2,1H3,(H,17,19)(H,18,20). The molecular weight excluding hydrogens is 318 g/mol. The molecule has 130 valence electrons. The lowest BCUT2D eigenvalue weighted by Gasteiger charge is -2.55. The highest BCUT2D eigenvalue weighted by Crippen LogP contribution is 2.59. The van der Waals surface area contributed by atoms with Crippen molar-refractivity contribution in [3.05, 3.63) is 0 Å². The predicted octanol–water partition coefficient (Wildman–Crippen LogP) is 0.290. The number of rotatable bonds is 5. The van der Waals surface area contributed by atoms with Crippen LogP contribution < -0.4 is 15.6 Å². The molecule has 0 radical (unpaired) electrons. The molecule has 4 aliphatic carbocycles. The summed E-state index contributed by atoms with van der Waals surface area (Å²) in [7, 11) is -3.30. The molecular formula is C15H25N3O4S. The molecule has 8 heteroatoms. The fourth-order valence-corrected chi connectivity index (χ4v) is 5.53. The van der Waals surface area contributed by atoms with Gasteiger partial charge in [-0.05, 0) is 56.3 Å². The summed E-state index contributed by atoms with van der Waals surface area (Å²) in [5.74, 6) is 1.55. The first-order chi connectivity index (χ1) is 10.8. The number of sulfonamides is 1. The van der Waals surface area contributed by atoms with Crippen LogP contribution in [0.2, 0.25) is 0 Å². The first-order valence-corrected chi connectivity index (χ1v) is 10.2. The van der Waals surface area contributed by atoms with Crippen molar-refractivity contribution in [1.29, 1.82) is 0 Å². The average Bonchev–Trinajstić information content (AvgIpc) is 2.41. The van der Waals surface area contributed by atoms with Crippen LogP contribution in [0.4, 0.5) is 0 Å². The predicted molar refractivity (Wildman–Crippen MR) is 84.4 cm³/mol. The Morgan fingerprint density at radius 2 is 1.52 bits per heavy atom. The maximum Gasteiger partial charge on any atom is 0.244 e. The lowest BCUT2D eigenvalue weighted by atomic mass is 9.49. The molecule has 23 heavy (non-hydrogen) atoms. The van der Waals surface area contributed by atoms with Crippen molar-refractivity contribution in [2.45, 2.75) is 44.9 Å². The monoisotopic (exact) mass is 343 g/mol. The maximum absolute atomic E-state index is 12.6. The Labute approximate surface area is 137 Å². The Morgan fingerprint density at radius 1 is 1.00 bits per heavy atom. The van der Waals surface area contributed by atoms with Gasteiger partial charge in [-0.1, -0.05) is 0 Å². The molecule has 0 saturated heterocycles. The van der Waals surface area contributed by atoms with Gasteiger partial charge in [0.1, 0.15) is 0 Å². The summed E-state index contributed by atoms with van der Waals surface area (Å²) in [6.07, 6.45) is 7.64. The number of carbonyl (C=O) groups is 2. The molecule has 0 unspecified atom stereocenters. The summed E-state index contributed by atoms with van der Waals surface area (Å²) in [5, 5.41) is 0. The first-order valence-electron chi connectivity index (χ1n) is 8.30. The highest BCUT2D eigenvalue weighted by molar-refractivity contribution is 7.88. The summed E-state index contributed by atoms with van der Waals surface area (Å²) >= 11 is 0. The third-order valence-electron chi connectivity index (χ3n) is 5.55. The van der Waals surface area contributed by atoms with Crippen LogP contribution in [0.5, 0.6) is 0 Å². The van der Waals surface area contributed by atoms with Crippen molar-refractivity contribution in [2.24, 2.45) is 23.2 Å². The van der Waals surface area contributed by atoms with Gasteiger partial charge in [0.15, 0.2) is 0 Å². The minimum atomic E-state index is -3.30. The lowest BCUT2D eigenvalue weighted by molar-refractivity contribution is -0.148. The van der Waals surface area contributed by atoms with E-state index in [1.807, 2.05) is 0 Å². The van der Waals surface area contributed by atoms with E-state index in [-0.39, 0.29) is 30.2 Å². The molecule has 0 aromatic heterocycles. The van der Waals surface area contributed by atoms with Gasteiger partial charge in [-0.15, -0.1) is 0 Å². The van der Waals surface area contributed by atoms with E-state index in [9.17, 15) is 18.0 Å². The van der Waals surface area contributed by atoms with Crippen LogP contribution in [0.3, 0.4) is 0 Å². The van der Waals surface area contributed by atoms with E-state index >= 15 is 0 Å². The summed E-state index contributed by atoms with van der Waals surface area (Å²) < 4.78 is 24.1. The number of carbonyl (C=O) groups excluding carboxylic acids is 2. The van der Waals surface area contributed by atoms with E-state index in [1.54, 1.807) is 0 Å². The van der Waals surface area contributed by atoms with Gasteiger partial charge >= 0.3 is 0 Å². The molecule has 0 heterocycles. The number of nitrogens with one attached hydrogen (secondary N) is 3. The Balaban J connectivity index is 1.47. The van der Waals surface area contributed by atoms with Crippen LogP contribution in [0.1, 0.15) is 44.9 Å². The van der Waals surface area contributed by atoms with Crippen molar-refractivity contribution in [3.8, 4) is 0 Å². The molecule has 0 aliphatic heterocycles. The Morgan fingerprint density at radius 3 is 2.00 bits per heavy atom. The fourth-order valence-electron chi connectivity index (χ4n) is 5.06. The molecule has 4 rings (SSSR count). The second-order valence-corrected chi connectivity index (χ2v) is 9.45. The quantitative estimate of drug-likeness (QED) is 0.624. The number of hydrazine groups is 1. The van der Waals surface area contributed by atoms with Crippen LogP contribution in [0.25, 0.3) is 0 Å². The smallest absolute Gasteiger partial charge is 0.244 e. The maximum atomic E-state index is 12.6. The van der Waals surface area contributed by atoms with Crippen LogP contribution in [0.15, 0.2) is 0 Å². The van der Waals surface area contributed by atoms with Gasteiger partial charge in [-0.25, -0.2) is 13.1 Å². The third kappa shape index (κ3) is 3.85. The van der Waals surface area contributed by atoms with Crippen LogP contribution in [-0.2, 0) is 19.6 Å². The Bertz CT molecular complexity index is 567. The highest BCUT2D eigenvalue weighted by Gasteiger charge is 2.54. The molecule has 0 aromatic rings. The molecule has 4 aliphatic rings. The lowest BCUT2D eigenvalue weighted by Crippen LogP contribution is -2.56.